The average molecular weight is 354 g/mol. The van der Waals surface area contributed by atoms with E-state index in [2.05, 4.69) is 15.3 Å². The van der Waals surface area contributed by atoms with E-state index in [1.165, 1.54) is 6.33 Å². The fourth-order valence-corrected chi connectivity index (χ4v) is 3.43. The zero-order valence-corrected chi connectivity index (χ0v) is 13.6. The van der Waals surface area contributed by atoms with Crippen LogP contribution in [0.2, 0.25) is 10.0 Å². The third kappa shape index (κ3) is 2.49. The first-order valence-corrected chi connectivity index (χ1v) is 7.74. The molecule has 5 nitrogen and oxygen atoms in total. The Hall–Kier alpha value is -1.89. The second-order valence-electron chi connectivity index (χ2n) is 4.49. The largest absolute Gasteiger partial charge is 0.477 e. The molecule has 0 spiro atoms. The Bertz CT molecular complexity index is 895. The SMILES string of the molecule is Cc1c(C(=O)O)sc2ncnc(Nc3cccc(Cl)c3Cl)c12. The van der Waals surface area contributed by atoms with Gasteiger partial charge in [0.05, 0.1) is 21.1 Å². The third-order valence-electron chi connectivity index (χ3n) is 3.13. The summed E-state index contributed by atoms with van der Waals surface area (Å²) in [5, 5.41) is 13.8. The van der Waals surface area contributed by atoms with Gasteiger partial charge in [0.2, 0.25) is 0 Å². The minimum absolute atomic E-state index is 0.246. The zero-order valence-electron chi connectivity index (χ0n) is 11.2. The van der Waals surface area contributed by atoms with Gasteiger partial charge in [-0.1, -0.05) is 29.3 Å². The molecular formula is C14H9Cl2N3O2S. The summed E-state index contributed by atoms with van der Waals surface area (Å²) in [7, 11) is 0. The van der Waals surface area contributed by atoms with Gasteiger partial charge in [-0.05, 0) is 24.6 Å². The summed E-state index contributed by atoms with van der Waals surface area (Å²) in [6.07, 6.45) is 1.38. The summed E-state index contributed by atoms with van der Waals surface area (Å²) < 4.78 is 0. The number of hydrogen-bond donors (Lipinski definition) is 2. The topological polar surface area (TPSA) is 75.1 Å². The highest BCUT2D eigenvalue weighted by atomic mass is 35.5. The van der Waals surface area contributed by atoms with E-state index < -0.39 is 5.97 Å². The number of thiophene rings is 1. The van der Waals surface area contributed by atoms with Gasteiger partial charge in [0.1, 0.15) is 21.9 Å². The number of halogens is 2. The van der Waals surface area contributed by atoms with Crippen molar-refractivity contribution in [3.05, 3.63) is 45.0 Å². The van der Waals surface area contributed by atoms with Gasteiger partial charge >= 0.3 is 5.97 Å². The number of aromatic nitrogens is 2. The molecule has 112 valence electrons. The number of nitrogens with one attached hydrogen (secondary N) is 1. The van der Waals surface area contributed by atoms with Gasteiger partial charge in [0.25, 0.3) is 0 Å². The lowest BCUT2D eigenvalue weighted by Gasteiger charge is -2.09. The summed E-state index contributed by atoms with van der Waals surface area (Å²) >= 11 is 13.3. The van der Waals surface area contributed by atoms with E-state index in [-0.39, 0.29) is 4.88 Å². The number of benzene rings is 1. The molecule has 1 aromatic carbocycles. The zero-order chi connectivity index (χ0) is 15.9. The first-order valence-electron chi connectivity index (χ1n) is 6.17. The lowest BCUT2D eigenvalue weighted by Crippen LogP contribution is -1.97. The number of nitrogens with zero attached hydrogens (tertiary/aromatic N) is 2. The quantitative estimate of drug-likeness (QED) is 0.710. The lowest BCUT2D eigenvalue weighted by atomic mass is 10.2. The molecule has 0 aliphatic heterocycles. The van der Waals surface area contributed by atoms with Crippen molar-refractivity contribution in [1.29, 1.82) is 0 Å². The van der Waals surface area contributed by atoms with Crippen LogP contribution >= 0.6 is 34.5 Å². The Morgan fingerprint density at radius 3 is 2.82 bits per heavy atom. The van der Waals surface area contributed by atoms with Gasteiger partial charge in [-0.3, -0.25) is 0 Å². The van der Waals surface area contributed by atoms with E-state index in [9.17, 15) is 9.90 Å². The number of carbonyl (C=O) groups is 1. The van der Waals surface area contributed by atoms with Gasteiger partial charge in [-0.2, -0.15) is 0 Å². The number of hydrogen-bond acceptors (Lipinski definition) is 5. The van der Waals surface area contributed by atoms with Crippen LogP contribution in [0, 0.1) is 6.92 Å². The second-order valence-corrected chi connectivity index (χ2v) is 6.27. The number of rotatable bonds is 3. The molecule has 3 aromatic rings. The number of aromatic carboxylic acids is 1. The van der Waals surface area contributed by atoms with Crippen LogP contribution < -0.4 is 5.32 Å². The van der Waals surface area contributed by atoms with E-state index in [4.69, 9.17) is 23.2 Å². The number of carboxylic acid groups (broad SMARTS) is 1. The van der Waals surface area contributed by atoms with Crippen molar-refractivity contribution in [2.75, 3.05) is 5.32 Å². The van der Waals surface area contributed by atoms with Crippen molar-refractivity contribution in [1.82, 2.24) is 9.97 Å². The monoisotopic (exact) mass is 353 g/mol. The molecule has 0 atom stereocenters. The van der Waals surface area contributed by atoms with E-state index in [1.54, 1.807) is 25.1 Å². The Kier molecular flexibility index (Phi) is 3.90. The van der Waals surface area contributed by atoms with Crippen LogP contribution in [-0.4, -0.2) is 21.0 Å². The van der Waals surface area contributed by atoms with Crippen LogP contribution in [0.25, 0.3) is 10.2 Å². The number of anilines is 2. The molecule has 0 aliphatic rings. The molecule has 0 fully saturated rings. The first-order chi connectivity index (χ1) is 10.5. The van der Waals surface area contributed by atoms with Crippen LogP contribution in [0.1, 0.15) is 15.2 Å². The summed E-state index contributed by atoms with van der Waals surface area (Å²) in [6, 6.07) is 5.21. The van der Waals surface area contributed by atoms with E-state index in [1.807, 2.05) is 0 Å². The highest BCUT2D eigenvalue weighted by molar-refractivity contribution is 7.20. The van der Waals surface area contributed by atoms with Crippen molar-refractivity contribution < 1.29 is 9.90 Å². The van der Waals surface area contributed by atoms with Crippen molar-refractivity contribution in [2.24, 2.45) is 0 Å². The van der Waals surface area contributed by atoms with Crippen LogP contribution in [0.5, 0.6) is 0 Å². The maximum absolute atomic E-state index is 11.3. The average Bonchev–Trinajstić information content (AvgIpc) is 2.82. The lowest BCUT2D eigenvalue weighted by molar-refractivity contribution is 0.0701. The maximum Gasteiger partial charge on any atom is 0.346 e. The first kappa shape index (κ1) is 15.0. The molecule has 0 unspecified atom stereocenters. The number of fused-ring (bicyclic) bond motifs is 1. The summed E-state index contributed by atoms with van der Waals surface area (Å²) in [5.74, 6) is -0.484. The van der Waals surface area contributed by atoms with Crippen LogP contribution in [-0.2, 0) is 0 Å². The Morgan fingerprint density at radius 1 is 1.32 bits per heavy atom. The van der Waals surface area contributed by atoms with Gasteiger partial charge in [-0.25, -0.2) is 14.8 Å². The van der Waals surface area contributed by atoms with Crippen LogP contribution in [0.4, 0.5) is 11.5 Å². The molecule has 3 rings (SSSR count). The minimum atomic E-state index is -0.979. The second kappa shape index (κ2) is 5.72. The fraction of sp³-hybridized carbons (Fsp3) is 0.0714. The predicted molar refractivity (Wildman–Crippen MR) is 88.9 cm³/mol. The summed E-state index contributed by atoms with van der Waals surface area (Å²) in [6.45, 7) is 1.73. The summed E-state index contributed by atoms with van der Waals surface area (Å²) in [4.78, 5) is 20.4. The molecule has 2 N–H and O–H groups in total. The van der Waals surface area contributed by atoms with E-state index in [0.717, 1.165) is 11.3 Å². The smallest absolute Gasteiger partial charge is 0.346 e. The van der Waals surface area contributed by atoms with Crippen molar-refractivity contribution >= 4 is 62.2 Å². The molecule has 0 bridgehead atoms. The minimum Gasteiger partial charge on any atom is -0.477 e. The van der Waals surface area contributed by atoms with Crippen LogP contribution in [0.15, 0.2) is 24.5 Å². The van der Waals surface area contributed by atoms with Crippen molar-refractivity contribution in [2.45, 2.75) is 6.92 Å². The fourth-order valence-electron chi connectivity index (χ4n) is 2.10. The van der Waals surface area contributed by atoms with Gasteiger partial charge in [-0.15, -0.1) is 11.3 Å². The number of carboxylic acids is 1. The third-order valence-corrected chi connectivity index (χ3v) is 5.13. The molecule has 0 amide bonds. The molecule has 22 heavy (non-hydrogen) atoms. The molecule has 0 saturated heterocycles. The van der Waals surface area contributed by atoms with Crippen molar-refractivity contribution in [3.8, 4) is 0 Å². The molecule has 2 aromatic heterocycles. The van der Waals surface area contributed by atoms with Crippen molar-refractivity contribution in [3.63, 3.8) is 0 Å². The number of aryl methyl sites for hydroxylation is 1. The van der Waals surface area contributed by atoms with Gasteiger partial charge < -0.3 is 10.4 Å². The van der Waals surface area contributed by atoms with E-state index >= 15 is 0 Å². The van der Waals surface area contributed by atoms with E-state index in [0.29, 0.717) is 37.3 Å². The standard InChI is InChI=1S/C14H9Cl2N3O2S/c1-6-9-12(19-8-4-2-3-7(15)10(8)16)17-5-18-13(9)22-11(6)14(20)21/h2-5H,1H3,(H,20,21)(H,17,18,19). The molecule has 0 aliphatic carbocycles. The Labute approximate surface area is 139 Å². The predicted octanol–water partition coefficient (Wildman–Crippen LogP) is 4.75. The maximum atomic E-state index is 11.3. The highest BCUT2D eigenvalue weighted by Crippen LogP contribution is 2.37. The molecular weight excluding hydrogens is 345 g/mol. The Balaban J connectivity index is 2.15. The molecule has 2 heterocycles. The molecule has 0 radical (unpaired) electrons. The normalized spacial score (nSPS) is 10.9. The Morgan fingerprint density at radius 2 is 2.09 bits per heavy atom. The highest BCUT2D eigenvalue weighted by Gasteiger charge is 2.19. The summed E-state index contributed by atoms with van der Waals surface area (Å²) in [5.41, 5.74) is 1.21. The van der Waals surface area contributed by atoms with Gasteiger partial charge in [0.15, 0.2) is 0 Å². The molecule has 0 saturated carbocycles. The van der Waals surface area contributed by atoms with Crippen LogP contribution in [0.3, 0.4) is 0 Å². The molecule has 8 heteroatoms. The van der Waals surface area contributed by atoms with Gasteiger partial charge in [0, 0.05) is 0 Å².